The topological polar surface area (TPSA) is 91.8 Å². The summed E-state index contributed by atoms with van der Waals surface area (Å²) >= 11 is 0. The van der Waals surface area contributed by atoms with Gasteiger partial charge in [0.25, 0.3) is 5.91 Å². The van der Waals surface area contributed by atoms with Crippen LogP contribution in [0, 0.1) is 13.8 Å². The average Bonchev–Trinajstić information content (AvgIpc) is 2.86. The third-order valence-electron chi connectivity index (χ3n) is 5.47. The first-order valence-electron chi connectivity index (χ1n) is 11.2. The summed E-state index contributed by atoms with van der Waals surface area (Å²) in [5.41, 5.74) is 4.07. The summed E-state index contributed by atoms with van der Waals surface area (Å²) in [6.45, 7) is 3.91. The molecule has 3 aromatic carbocycles. The van der Waals surface area contributed by atoms with E-state index in [1.54, 1.807) is 6.20 Å². The molecule has 0 aliphatic heterocycles. The summed E-state index contributed by atoms with van der Waals surface area (Å²) in [7, 11) is 0. The summed E-state index contributed by atoms with van der Waals surface area (Å²) in [6, 6.07) is 27.0. The molecule has 5 aromatic rings. The van der Waals surface area contributed by atoms with Crippen molar-refractivity contribution < 1.29 is 4.79 Å². The molecule has 0 saturated carbocycles. The number of pyridine rings is 1. The molecule has 0 saturated heterocycles. The minimum atomic E-state index is -0.249. The Kier molecular flexibility index (Phi) is 6.05. The predicted molar refractivity (Wildman–Crippen MR) is 141 cm³/mol. The minimum Gasteiger partial charge on any atom is -0.340 e. The van der Waals surface area contributed by atoms with E-state index in [9.17, 15) is 4.79 Å². The van der Waals surface area contributed by atoms with E-state index in [1.165, 1.54) is 5.56 Å². The van der Waals surface area contributed by atoms with Gasteiger partial charge >= 0.3 is 0 Å². The van der Waals surface area contributed by atoms with Gasteiger partial charge in [-0.2, -0.15) is 0 Å². The number of rotatable bonds is 6. The Morgan fingerprint density at radius 1 is 0.714 bits per heavy atom. The molecule has 0 unspecified atom stereocenters. The Morgan fingerprint density at radius 2 is 1.31 bits per heavy atom. The first-order chi connectivity index (χ1) is 17.0. The molecule has 0 fully saturated rings. The van der Waals surface area contributed by atoms with Crippen molar-refractivity contribution in [2.24, 2.45) is 0 Å². The van der Waals surface area contributed by atoms with E-state index in [1.807, 2.05) is 91.9 Å². The maximum Gasteiger partial charge on any atom is 0.274 e. The van der Waals surface area contributed by atoms with Crippen molar-refractivity contribution >= 4 is 45.4 Å². The monoisotopic (exact) mass is 460 g/mol. The molecule has 2 heterocycles. The van der Waals surface area contributed by atoms with Gasteiger partial charge in [0.2, 0.25) is 0 Å². The quantitative estimate of drug-likeness (QED) is 0.272. The smallest absolute Gasteiger partial charge is 0.274 e. The van der Waals surface area contributed by atoms with E-state index in [0.29, 0.717) is 28.8 Å². The van der Waals surface area contributed by atoms with Crippen molar-refractivity contribution in [1.82, 2.24) is 15.0 Å². The molecule has 3 N–H and O–H groups in total. The SMILES string of the molecule is Cc1ccc(Nc2cc(Nc3ccc(NC(=O)c4nccc5ccccc45)cc3)nc(C)n2)cc1. The molecule has 35 heavy (non-hydrogen) atoms. The number of fused-ring (bicyclic) bond motifs is 1. The highest BCUT2D eigenvalue weighted by Crippen LogP contribution is 2.23. The Hall–Kier alpha value is -4.78. The highest BCUT2D eigenvalue weighted by atomic mass is 16.1. The molecule has 2 aromatic heterocycles. The number of nitrogens with one attached hydrogen (secondary N) is 3. The second kappa shape index (κ2) is 9.61. The van der Waals surface area contributed by atoms with Gasteiger partial charge in [0.15, 0.2) is 0 Å². The summed E-state index contributed by atoms with van der Waals surface area (Å²) < 4.78 is 0. The molecule has 0 aliphatic carbocycles. The van der Waals surface area contributed by atoms with Crippen molar-refractivity contribution in [2.75, 3.05) is 16.0 Å². The number of carbonyl (C=O) groups excluding carboxylic acids is 1. The van der Waals surface area contributed by atoms with Crippen LogP contribution in [0.25, 0.3) is 10.8 Å². The van der Waals surface area contributed by atoms with Crippen LogP contribution in [0.15, 0.2) is 91.1 Å². The minimum absolute atomic E-state index is 0.249. The number of hydrogen-bond acceptors (Lipinski definition) is 6. The van der Waals surface area contributed by atoms with E-state index in [0.717, 1.165) is 22.1 Å². The standard InChI is InChI=1S/C28H24N6O/c1-18-7-9-21(10-8-18)32-25-17-26(31-19(2)30-25)33-22-11-13-23(14-12-22)34-28(35)27-24-6-4-3-5-20(24)15-16-29-27/h3-17H,1-2H3,(H,34,35)(H2,30,31,32,33). The number of nitrogens with zero attached hydrogens (tertiary/aromatic N) is 3. The Bertz CT molecular complexity index is 1490. The number of aromatic nitrogens is 3. The molecular formula is C28H24N6O. The zero-order valence-corrected chi connectivity index (χ0v) is 19.4. The lowest BCUT2D eigenvalue weighted by Crippen LogP contribution is -2.14. The largest absolute Gasteiger partial charge is 0.340 e. The van der Waals surface area contributed by atoms with Crippen LogP contribution in [0.5, 0.6) is 0 Å². The van der Waals surface area contributed by atoms with E-state index in [-0.39, 0.29) is 5.91 Å². The molecular weight excluding hydrogens is 436 g/mol. The van der Waals surface area contributed by atoms with Crippen LogP contribution in [0.4, 0.5) is 28.7 Å². The fourth-order valence-corrected chi connectivity index (χ4v) is 3.76. The molecule has 0 atom stereocenters. The molecule has 172 valence electrons. The van der Waals surface area contributed by atoms with Crippen LogP contribution in [-0.2, 0) is 0 Å². The molecule has 0 radical (unpaired) electrons. The Balaban J connectivity index is 1.28. The molecule has 7 nitrogen and oxygen atoms in total. The van der Waals surface area contributed by atoms with Crippen LogP contribution in [0.2, 0.25) is 0 Å². The molecule has 7 heteroatoms. The lowest BCUT2D eigenvalue weighted by Gasteiger charge is -2.11. The number of hydrogen-bond donors (Lipinski definition) is 3. The first kappa shape index (κ1) is 22.0. The van der Waals surface area contributed by atoms with Crippen molar-refractivity contribution in [3.8, 4) is 0 Å². The van der Waals surface area contributed by atoms with Gasteiger partial charge < -0.3 is 16.0 Å². The van der Waals surface area contributed by atoms with E-state index in [4.69, 9.17) is 0 Å². The van der Waals surface area contributed by atoms with E-state index < -0.39 is 0 Å². The zero-order chi connectivity index (χ0) is 24.2. The van der Waals surface area contributed by atoms with Gasteiger partial charge in [-0.15, -0.1) is 0 Å². The molecule has 0 bridgehead atoms. The number of anilines is 5. The maximum atomic E-state index is 12.8. The lowest BCUT2D eigenvalue weighted by molar-refractivity contribution is 0.102. The van der Waals surface area contributed by atoms with Crippen LogP contribution < -0.4 is 16.0 Å². The zero-order valence-electron chi connectivity index (χ0n) is 19.4. The van der Waals surface area contributed by atoms with Gasteiger partial charge in [-0.25, -0.2) is 9.97 Å². The molecule has 5 rings (SSSR count). The van der Waals surface area contributed by atoms with Gasteiger partial charge in [0.05, 0.1) is 0 Å². The predicted octanol–water partition coefficient (Wildman–Crippen LogP) is 6.38. The second-order valence-electron chi connectivity index (χ2n) is 8.21. The Labute approximate surface area is 203 Å². The van der Waals surface area contributed by atoms with Gasteiger partial charge in [-0.3, -0.25) is 9.78 Å². The van der Waals surface area contributed by atoms with Gasteiger partial charge in [-0.05, 0) is 61.7 Å². The lowest BCUT2D eigenvalue weighted by atomic mass is 10.1. The van der Waals surface area contributed by atoms with E-state index >= 15 is 0 Å². The van der Waals surface area contributed by atoms with Crippen LogP contribution in [0.1, 0.15) is 21.9 Å². The highest BCUT2D eigenvalue weighted by Gasteiger charge is 2.12. The van der Waals surface area contributed by atoms with Crippen molar-refractivity contribution in [3.63, 3.8) is 0 Å². The number of aryl methyl sites for hydroxylation is 2. The summed E-state index contributed by atoms with van der Waals surface area (Å²) in [5.74, 6) is 1.77. The molecule has 0 spiro atoms. The Morgan fingerprint density at radius 3 is 2.00 bits per heavy atom. The fraction of sp³-hybridized carbons (Fsp3) is 0.0714. The van der Waals surface area contributed by atoms with Crippen molar-refractivity contribution in [3.05, 3.63) is 108 Å². The highest BCUT2D eigenvalue weighted by molar-refractivity contribution is 6.11. The normalized spacial score (nSPS) is 10.7. The van der Waals surface area contributed by atoms with Gasteiger partial charge in [0, 0.05) is 34.7 Å². The van der Waals surface area contributed by atoms with Crippen molar-refractivity contribution in [1.29, 1.82) is 0 Å². The third kappa shape index (κ3) is 5.25. The summed E-state index contributed by atoms with van der Waals surface area (Å²) in [6.07, 6.45) is 1.65. The second-order valence-corrected chi connectivity index (χ2v) is 8.21. The fourth-order valence-electron chi connectivity index (χ4n) is 3.76. The van der Waals surface area contributed by atoms with Crippen molar-refractivity contribution in [2.45, 2.75) is 13.8 Å². The number of benzene rings is 3. The van der Waals surface area contributed by atoms with Crippen LogP contribution in [-0.4, -0.2) is 20.9 Å². The van der Waals surface area contributed by atoms with Crippen LogP contribution >= 0.6 is 0 Å². The van der Waals surface area contributed by atoms with E-state index in [2.05, 4.69) is 37.8 Å². The first-order valence-corrected chi connectivity index (χ1v) is 11.2. The number of carbonyl (C=O) groups is 1. The van der Waals surface area contributed by atoms with Crippen LogP contribution in [0.3, 0.4) is 0 Å². The molecule has 1 amide bonds. The van der Waals surface area contributed by atoms with Gasteiger partial charge in [-0.1, -0.05) is 42.0 Å². The number of amides is 1. The third-order valence-corrected chi connectivity index (χ3v) is 5.47. The maximum absolute atomic E-state index is 12.8. The van der Waals surface area contributed by atoms with Gasteiger partial charge in [0.1, 0.15) is 23.2 Å². The summed E-state index contributed by atoms with van der Waals surface area (Å²) in [5, 5.41) is 11.3. The average molecular weight is 461 g/mol. The summed E-state index contributed by atoms with van der Waals surface area (Å²) in [4.78, 5) is 26.1. The molecule has 0 aliphatic rings.